The molecule has 2 heterocycles. The maximum atomic E-state index is 4.25. The third kappa shape index (κ3) is 3.66. The maximum Gasteiger partial charge on any atom is 0.129 e. The second kappa shape index (κ2) is 5.96. The van der Waals surface area contributed by atoms with Crippen LogP contribution in [0.1, 0.15) is 25.5 Å². The molecule has 0 aromatic carbocycles. The van der Waals surface area contributed by atoms with Crippen molar-refractivity contribution in [3.8, 4) is 0 Å². The van der Waals surface area contributed by atoms with Crippen LogP contribution in [0, 0.1) is 5.92 Å². The normalized spacial score (nSPS) is 21.4. The van der Waals surface area contributed by atoms with Gasteiger partial charge in [-0.2, -0.15) is 0 Å². The topological polar surface area (TPSA) is 41.0 Å². The molecule has 0 saturated carbocycles. The van der Waals surface area contributed by atoms with Crippen molar-refractivity contribution >= 4 is 5.82 Å². The third-order valence-corrected chi connectivity index (χ3v) is 3.38. The highest BCUT2D eigenvalue weighted by molar-refractivity contribution is 5.34. The Labute approximate surface area is 103 Å². The van der Waals surface area contributed by atoms with Crippen LogP contribution in [0.2, 0.25) is 0 Å². The van der Waals surface area contributed by atoms with E-state index < -0.39 is 0 Å². The molecule has 0 aliphatic carbocycles. The van der Waals surface area contributed by atoms with E-state index in [0.717, 1.165) is 30.4 Å². The summed E-state index contributed by atoms with van der Waals surface area (Å²) in [5.74, 6) is 1.71. The van der Waals surface area contributed by atoms with Crippen molar-refractivity contribution in [3.63, 3.8) is 0 Å². The molecule has 1 aliphatic rings. The van der Waals surface area contributed by atoms with E-state index in [4.69, 9.17) is 0 Å². The molecule has 1 fully saturated rings. The molecule has 4 heteroatoms. The van der Waals surface area contributed by atoms with Crippen LogP contribution in [-0.2, 0) is 6.42 Å². The first kappa shape index (κ1) is 12.3. The lowest BCUT2D eigenvalue weighted by Crippen LogP contribution is -2.35. The Balaban J connectivity index is 1.84. The van der Waals surface area contributed by atoms with Crippen molar-refractivity contribution in [2.45, 2.75) is 26.2 Å². The summed E-state index contributed by atoms with van der Waals surface area (Å²) in [5, 5.41) is 3.43. The largest absolute Gasteiger partial charge is 0.370 e. The predicted octanol–water partition coefficient (Wildman–Crippen LogP) is 1.79. The van der Waals surface area contributed by atoms with E-state index in [1.807, 2.05) is 6.07 Å². The van der Waals surface area contributed by atoms with Gasteiger partial charge in [-0.25, -0.2) is 9.97 Å². The van der Waals surface area contributed by atoms with E-state index in [1.165, 1.54) is 25.9 Å². The second-order valence-electron chi connectivity index (χ2n) is 4.90. The number of hydrogen-bond donors (Lipinski definition) is 1. The second-order valence-corrected chi connectivity index (χ2v) is 4.90. The SMILES string of the molecule is CCc1cc(NCC2CCCN(C)C2)ncn1. The van der Waals surface area contributed by atoms with Crippen LogP contribution in [0.15, 0.2) is 12.4 Å². The standard InChI is InChI=1S/C13H22N4/c1-3-12-7-13(16-10-15-12)14-8-11-5-4-6-17(2)9-11/h7,10-11H,3-6,8-9H2,1-2H3,(H,14,15,16). The number of rotatable bonds is 4. The van der Waals surface area contributed by atoms with Crippen molar-refractivity contribution in [1.82, 2.24) is 14.9 Å². The molecule has 2 rings (SSSR count). The first-order chi connectivity index (χ1) is 8.28. The molecule has 0 bridgehead atoms. The van der Waals surface area contributed by atoms with Crippen molar-refractivity contribution in [1.29, 1.82) is 0 Å². The summed E-state index contributed by atoms with van der Waals surface area (Å²) < 4.78 is 0. The average molecular weight is 234 g/mol. The summed E-state index contributed by atoms with van der Waals surface area (Å²) in [6.45, 7) is 5.56. The Kier molecular flexibility index (Phi) is 4.31. The Morgan fingerprint density at radius 3 is 3.12 bits per heavy atom. The number of aryl methyl sites for hydroxylation is 1. The van der Waals surface area contributed by atoms with Crippen LogP contribution in [0.4, 0.5) is 5.82 Å². The van der Waals surface area contributed by atoms with Crippen LogP contribution >= 0.6 is 0 Å². The fraction of sp³-hybridized carbons (Fsp3) is 0.692. The van der Waals surface area contributed by atoms with Gasteiger partial charge >= 0.3 is 0 Å². The van der Waals surface area contributed by atoms with Crippen LogP contribution in [0.25, 0.3) is 0 Å². The van der Waals surface area contributed by atoms with Crippen LogP contribution < -0.4 is 5.32 Å². The summed E-state index contributed by atoms with van der Waals surface area (Å²) >= 11 is 0. The Bertz CT molecular complexity index is 353. The minimum atomic E-state index is 0.744. The number of anilines is 1. The molecule has 17 heavy (non-hydrogen) atoms. The molecule has 1 unspecified atom stereocenters. The van der Waals surface area contributed by atoms with Crippen molar-refractivity contribution in [2.24, 2.45) is 5.92 Å². The lowest BCUT2D eigenvalue weighted by molar-refractivity contribution is 0.217. The quantitative estimate of drug-likeness (QED) is 0.862. The van der Waals surface area contributed by atoms with Crippen molar-refractivity contribution in [3.05, 3.63) is 18.1 Å². The number of aromatic nitrogens is 2. The zero-order valence-corrected chi connectivity index (χ0v) is 10.8. The van der Waals surface area contributed by atoms with E-state index in [0.29, 0.717) is 0 Å². The number of nitrogens with one attached hydrogen (secondary N) is 1. The Morgan fingerprint density at radius 2 is 2.35 bits per heavy atom. The third-order valence-electron chi connectivity index (χ3n) is 3.38. The van der Waals surface area contributed by atoms with Crippen LogP contribution in [-0.4, -0.2) is 41.5 Å². The number of piperidine rings is 1. The van der Waals surface area contributed by atoms with E-state index >= 15 is 0 Å². The summed E-state index contributed by atoms with van der Waals surface area (Å²) in [6, 6.07) is 2.05. The molecule has 1 aliphatic heterocycles. The van der Waals surface area contributed by atoms with Gasteiger partial charge in [0.05, 0.1) is 0 Å². The molecular weight excluding hydrogens is 212 g/mol. The summed E-state index contributed by atoms with van der Waals surface area (Å²) in [4.78, 5) is 10.9. The van der Waals surface area contributed by atoms with E-state index in [1.54, 1.807) is 6.33 Å². The van der Waals surface area contributed by atoms with Gasteiger partial charge in [-0.3, -0.25) is 0 Å². The lowest BCUT2D eigenvalue weighted by Gasteiger charge is -2.29. The number of nitrogens with zero attached hydrogens (tertiary/aromatic N) is 3. The highest BCUT2D eigenvalue weighted by Crippen LogP contribution is 2.15. The first-order valence-electron chi connectivity index (χ1n) is 6.51. The van der Waals surface area contributed by atoms with Crippen LogP contribution in [0.3, 0.4) is 0 Å². The van der Waals surface area contributed by atoms with Crippen LogP contribution in [0.5, 0.6) is 0 Å². The van der Waals surface area contributed by atoms with Gasteiger partial charge in [0.15, 0.2) is 0 Å². The highest BCUT2D eigenvalue weighted by atomic mass is 15.1. The molecule has 0 radical (unpaired) electrons. The highest BCUT2D eigenvalue weighted by Gasteiger charge is 2.16. The fourth-order valence-electron chi connectivity index (χ4n) is 2.38. The summed E-state index contributed by atoms with van der Waals surface area (Å²) in [5.41, 5.74) is 1.10. The molecule has 1 atom stereocenters. The lowest BCUT2D eigenvalue weighted by atomic mass is 9.98. The van der Waals surface area contributed by atoms with Gasteiger partial charge in [-0.15, -0.1) is 0 Å². The minimum Gasteiger partial charge on any atom is -0.370 e. The van der Waals surface area contributed by atoms with Gasteiger partial charge in [-0.1, -0.05) is 6.92 Å². The minimum absolute atomic E-state index is 0.744. The molecule has 0 spiro atoms. The molecule has 1 aromatic heterocycles. The molecule has 0 amide bonds. The molecular formula is C13H22N4. The zero-order valence-electron chi connectivity index (χ0n) is 10.8. The Hall–Kier alpha value is -1.16. The van der Waals surface area contributed by atoms with E-state index in [2.05, 4.69) is 34.2 Å². The zero-order chi connectivity index (χ0) is 12.1. The van der Waals surface area contributed by atoms with Crippen molar-refractivity contribution in [2.75, 3.05) is 32.0 Å². The first-order valence-corrected chi connectivity index (χ1v) is 6.51. The Morgan fingerprint density at radius 1 is 1.47 bits per heavy atom. The smallest absolute Gasteiger partial charge is 0.129 e. The van der Waals surface area contributed by atoms with E-state index in [9.17, 15) is 0 Å². The van der Waals surface area contributed by atoms with Gasteiger partial charge in [0.2, 0.25) is 0 Å². The molecule has 1 saturated heterocycles. The van der Waals surface area contributed by atoms with Gasteiger partial charge in [0.25, 0.3) is 0 Å². The summed E-state index contributed by atoms with van der Waals surface area (Å²) in [6.07, 6.45) is 5.24. The predicted molar refractivity (Wildman–Crippen MR) is 70.1 cm³/mol. The van der Waals surface area contributed by atoms with Gasteiger partial charge in [0, 0.05) is 24.8 Å². The molecule has 1 N–H and O–H groups in total. The van der Waals surface area contributed by atoms with E-state index in [-0.39, 0.29) is 0 Å². The maximum absolute atomic E-state index is 4.25. The number of likely N-dealkylation sites (tertiary alicyclic amines) is 1. The van der Waals surface area contributed by atoms with Gasteiger partial charge in [0.1, 0.15) is 12.1 Å². The van der Waals surface area contributed by atoms with Gasteiger partial charge in [-0.05, 0) is 38.8 Å². The van der Waals surface area contributed by atoms with Gasteiger partial charge < -0.3 is 10.2 Å². The van der Waals surface area contributed by atoms with Crippen molar-refractivity contribution < 1.29 is 0 Å². The molecule has 94 valence electrons. The number of hydrogen-bond acceptors (Lipinski definition) is 4. The fourth-order valence-corrected chi connectivity index (χ4v) is 2.38. The summed E-state index contributed by atoms with van der Waals surface area (Å²) in [7, 11) is 2.20. The monoisotopic (exact) mass is 234 g/mol. The molecule has 1 aromatic rings. The average Bonchev–Trinajstić information content (AvgIpc) is 2.37. The molecule has 4 nitrogen and oxygen atoms in total.